The highest BCUT2D eigenvalue weighted by atomic mass is 32.2. The van der Waals surface area contributed by atoms with E-state index >= 15 is 0 Å². The van der Waals surface area contributed by atoms with Gasteiger partial charge in [-0.1, -0.05) is 6.08 Å². The van der Waals surface area contributed by atoms with E-state index in [9.17, 15) is 19.2 Å². The third-order valence-corrected chi connectivity index (χ3v) is 7.40. The lowest BCUT2D eigenvalue weighted by Crippen LogP contribution is -2.46. The molecule has 0 saturated carbocycles. The number of rotatable bonds is 5. The Balaban J connectivity index is 1.64. The van der Waals surface area contributed by atoms with Crippen LogP contribution in [0.15, 0.2) is 35.2 Å². The molecule has 0 spiro atoms. The molecule has 1 N–H and O–H groups in total. The number of nitrogens with zero attached hydrogens (tertiary/aromatic N) is 1. The molecule has 0 unspecified atom stereocenters. The van der Waals surface area contributed by atoms with Crippen LogP contribution in [0.4, 0.5) is 10.5 Å². The summed E-state index contributed by atoms with van der Waals surface area (Å²) in [4.78, 5) is 53.0. The van der Waals surface area contributed by atoms with E-state index in [-0.39, 0.29) is 33.3 Å². The average molecular weight is 537 g/mol. The van der Waals surface area contributed by atoms with Gasteiger partial charge in [0.2, 0.25) is 5.75 Å². The Bertz CT molecular complexity index is 1500. The maximum atomic E-state index is 13.7. The molecule has 0 aromatic heterocycles. The second-order valence-electron chi connectivity index (χ2n) is 9.34. The number of amides is 3. The van der Waals surface area contributed by atoms with Gasteiger partial charge in [0.1, 0.15) is 5.75 Å². The number of hydrogen-bond donors (Lipinski definition) is 1. The molecule has 196 valence electrons. The topological polar surface area (TPSA) is 120 Å². The molecule has 0 atom stereocenters. The molecule has 5 rings (SSSR count). The number of imide groups is 1. The fraction of sp³-hybridized carbons (Fsp3) is 0.259. The second-order valence-corrected chi connectivity index (χ2v) is 10.3. The highest BCUT2D eigenvalue weighted by molar-refractivity contribution is 8.18. The van der Waals surface area contributed by atoms with Gasteiger partial charge in [-0.15, -0.1) is 0 Å². The van der Waals surface area contributed by atoms with Gasteiger partial charge in [0.15, 0.2) is 11.5 Å². The highest BCUT2D eigenvalue weighted by Crippen LogP contribution is 2.52. The zero-order valence-corrected chi connectivity index (χ0v) is 22.3. The van der Waals surface area contributed by atoms with Crippen molar-refractivity contribution in [1.29, 1.82) is 0 Å². The van der Waals surface area contributed by atoms with Crippen LogP contribution in [0, 0.1) is 0 Å². The number of anilines is 1. The van der Waals surface area contributed by atoms with Crippen LogP contribution >= 0.6 is 11.8 Å². The van der Waals surface area contributed by atoms with Crippen molar-refractivity contribution in [1.82, 2.24) is 5.32 Å². The summed E-state index contributed by atoms with van der Waals surface area (Å²) in [6.07, 6.45) is 1.93. The van der Waals surface area contributed by atoms with Crippen LogP contribution in [0.3, 0.4) is 0 Å². The first-order chi connectivity index (χ1) is 18.0. The molecule has 0 radical (unpaired) electrons. The van der Waals surface area contributed by atoms with E-state index in [4.69, 9.17) is 18.9 Å². The van der Waals surface area contributed by atoms with Crippen LogP contribution < -0.4 is 29.2 Å². The molecule has 38 heavy (non-hydrogen) atoms. The van der Waals surface area contributed by atoms with Gasteiger partial charge in [-0.3, -0.25) is 24.6 Å². The Morgan fingerprint density at radius 3 is 2.13 bits per heavy atom. The van der Waals surface area contributed by atoms with Crippen molar-refractivity contribution in [2.75, 3.05) is 26.2 Å². The standard InChI is InChI=1S/C27H24N2O8S/c1-12-11-27(2,3)29-20-15(12)9-14(10-16(20)19(24(29)31)22-23(30)28-26(33)38-22)37-25(32)13-7-17(34-4)21(36-6)18(8-13)35-5/h7-11H,1-6H3,(H,28,30,33)/b22-19-. The minimum Gasteiger partial charge on any atom is -0.493 e. The smallest absolute Gasteiger partial charge is 0.343 e. The SMILES string of the molecule is COc1cc(C(=O)Oc2cc3c4c(c2)/C(=C2/SC(=O)NC2=O)C(=O)N4C(C)(C)C=C3C)cc(OC)c1OC. The number of carbonyl (C=O) groups is 4. The van der Waals surface area contributed by atoms with Gasteiger partial charge in [0.25, 0.3) is 17.1 Å². The molecule has 1 saturated heterocycles. The molecular formula is C27H24N2O8S. The lowest BCUT2D eigenvalue weighted by atomic mass is 9.89. The quantitative estimate of drug-likeness (QED) is 0.341. The third kappa shape index (κ3) is 3.81. The van der Waals surface area contributed by atoms with Gasteiger partial charge in [-0.25, -0.2) is 4.79 Å². The number of allylic oxidation sites excluding steroid dienone is 1. The number of esters is 1. The summed E-state index contributed by atoms with van der Waals surface area (Å²) in [5, 5.41) is 1.65. The molecule has 1 fully saturated rings. The van der Waals surface area contributed by atoms with E-state index in [1.54, 1.807) is 17.0 Å². The molecule has 0 bridgehead atoms. The lowest BCUT2D eigenvalue weighted by molar-refractivity contribution is -0.116. The maximum Gasteiger partial charge on any atom is 0.343 e. The third-order valence-electron chi connectivity index (χ3n) is 6.52. The van der Waals surface area contributed by atoms with Crippen molar-refractivity contribution in [3.05, 3.63) is 51.9 Å². The fourth-order valence-corrected chi connectivity index (χ4v) is 5.78. The zero-order chi connectivity index (χ0) is 27.5. The molecule has 2 aromatic carbocycles. The predicted molar refractivity (Wildman–Crippen MR) is 141 cm³/mol. The summed E-state index contributed by atoms with van der Waals surface area (Å²) in [5.41, 5.74) is 2.10. The number of thioether (sulfide) groups is 1. The largest absolute Gasteiger partial charge is 0.493 e. The van der Waals surface area contributed by atoms with E-state index in [1.807, 2.05) is 26.8 Å². The van der Waals surface area contributed by atoms with Crippen LogP contribution in [0.25, 0.3) is 11.1 Å². The Labute approximate surface area is 222 Å². The number of nitrogens with one attached hydrogen (secondary N) is 1. The monoisotopic (exact) mass is 536 g/mol. The fourth-order valence-electron chi connectivity index (χ4n) is 5.01. The second kappa shape index (κ2) is 8.95. The number of carbonyl (C=O) groups excluding carboxylic acids is 4. The van der Waals surface area contributed by atoms with Gasteiger partial charge >= 0.3 is 5.97 Å². The molecule has 3 aliphatic rings. The van der Waals surface area contributed by atoms with E-state index in [0.29, 0.717) is 34.3 Å². The summed E-state index contributed by atoms with van der Waals surface area (Å²) in [6, 6.07) is 6.16. The summed E-state index contributed by atoms with van der Waals surface area (Å²) < 4.78 is 21.7. The summed E-state index contributed by atoms with van der Waals surface area (Å²) in [6.45, 7) is 5.68. The van der Waals surface area contributed by atoms with Crippen molar-refractivity contribution in [3.8, 4) is 23.0 Å². The normalized spacial score (nSPS) is 19.2. The van der Waals surface area contributed by atoms with Crippen LogP contribution in [0.1, 0.15) is 42.3 Å². The predicted octanol–water partition coefficient (Wildman–Crippen LogP) is 4.17. The highest BCUT2D eigenvalue weighted by Gasteiger charge is 2.48. The summed E-state index contributed by atoms with van der Waals surface area (Å²) >= 11 is 0.674. The van der Waals surface area contributed by atoms with Crippen molar-refractivity contribution in [2.45, 2.75) is 26.3 Å². The van der Waals surface area contributed by atoms with Crippen molar-refractivity contribution < 1.29 is 38.1 Å². The van der Waals surface area contributed by atoms with E-state index in [0.717, 1.165) is 5.57 Å². The average Bonchev–Trinajstić information content (AvgIpc) is 3.35. The Morgan fingerprint density at radius 2 is 1.58 bits per heavy atom. The zero-order valence-electron chi connectivity index (χ0n) is 21.5. The molecule has 2 aromatic rings. The molecule has 3 aliphatic heterocycles. The number of benzene rings is 2. The number of ether oxygens (including phenoxy) is 4. The van der Waals surface area contributed by atoms with E-state index < -0.39 is 28.6 Å². The molecule has 0 aliphatic carbocycles. The van der Waals surface area contributed by atoms with Crippen LogP contribution in [-0.4, -0.2) is 49.9 Å². The van der Waals surface area contributed by atoms with Gasteiger partial charge in [-0.05, 0) is 62.4 Å². The van der Waals surface area contributed by atoms with Crippen molar-refractivity contribution >= 4 is 51.6 Å². The molecule has 11 heteroatoms. The number of methoxy groups -OCH3 is 3. The molecule has 3 amide bonds. The minimum absolute atomic E-state index is 0.0122. The van der Waals surface area contributed by atoms with Crippen molar-refractivity contribution in [3.63, 3.8) is 0 Å². The first-order valence-electron chi connectivity index (χ1n) is 11.5. The molecular weight excluding hydrogens is 512 g/mol. The van der Waals surface area contributed by atoms with Gasteiger partial charge < -0.3 is 18.9 Å². The van der Waals surface area contributed by atoms with Crippen LogP contribution in [-0.2, 0) is 9.59 Å². The van der Waals surface area contributed by atoms with Crippen molar-refractivity contribution in [2.24, 2.45) is 0 Å². The lowest BCUT2D eigenvalue weighted by Gasteiger charge is -2.38. The summed E-state index contributed by atoms with van der Waals surface area (Å²) in [7, 11) is 4.33. The maximum absolute atomic E-state index is 13.7. The Kier molecular flexibility index (Phi) is 5.98. The number of hydrogen-bond acceptors (Lipinski definition) is 9. The van der Waals surface area contributed by atoms with Crippen LogP contribution in [0.2, 0.25) is 0 Å². The minimum atomic E-state index is -0.701. The van der Waals surface area contributed by atoms with Gasteiger partial charge in [0, 0.05) is 11.1 Å². The van der Waals surface area contributed by atoms with Gasteiger partial charge in [0.05, 0.1) is 48.6 Å². The summed E-state index contributed by atoms with van der Waals surface area (Å²) in [5.74, 6) is -0.694. The Morgan fingerprint density at radius 1 is 0.947 bits per heavy atom. The Hall–Kier alpha value is -4.25. The molecule has 10 nitrogen and oxygen atoms in total. The van der Waals surface area contributed by atoms with E-state index in [2.05, 4.69) is 5.32 Å². The van der Waals surface area contributed by atoms with Gasteiger partial charge in [-0.2, -0.15) is 0 Å². The first-order valence-corrected chi connectivity index (χ1v) is 12.3. The molecule has 3 heterocycles. The van der Waals surface area contributed by atoms with Crippen LogP contribution in [0.5, 0.6) is 23.0 Å². The first kappa shape index (κ1) is 25.4. The van der Waals surface area contributed by atoms with E-state index in [1.165, 1.54) is 33.5 Å².